The topological polar surface area (TPSA) is 136 Å². The van der Waals surface area contributed by atoms with E-state index in [4.69, 9.17) is 21.1 Å². The van der Waals surface area contributed by atoms with Crippen molar-refractivity contribution in [1.29, 1.82) is 0 Å². The first-order chi connectivity index (χ1) is 5.90. The molecule has 1 aliphatic rings. The molecule has 0 unspecified atom stereocenters. The minimum atomic E-state index is -2.73. The van der Waals surface area contributed by atoms with Crippen LogP contribution in [0.25, 0.3) is 0 Å². The summed E-state index contributed by atoms with van der Waals surface area (Å²) in [6.07, 6.45) is -4.25. The van der Waals surface area contributed by atoms with Gasteiger partial charge in [0.2, 0.25) is 0 Å². The highest BCUT2D eigenvalue weighted by molar-refractivity contribution is 4.93. The van der Waals surface area contributed by atoms with Crippen LogP contribution in [0, 0.1) is 0 Å². The van der Waals surface area contributed by atoms with Crippen LogP contribution in [0.4, 0.5) is 0 Å². The fraction of sp³-hybridized carbons (Fsp3) is 1.00. The first kappa shape index (κ1) is 10.8. The second-order valence-electron chi connectivity index (χ2n) is 3.00. The van der Waals surface area contributed by atoms with Gasteiger partial charge in [-0.1, -0.05) is 0 Å². The zero-order valence-corrected chi connectivity index (χ0v) is 6.74. The maximum atomic E-state index is 9.20. The van der Waals surface area contributed by atoms with Crippen molar-refractivity contribution in [2.24, 2.45) is 5.73 Å². The number of hydrogen-bond acceptors (Lipinski definition) is 7. The summed E-state index contributed by atoms with van der Waals surface area (Å²) in [6, 6.07) is -1.54. The monoisotopic (exact) mass is 195 g/mol. The first-order valence-corrected chi connectivity index (χ1v) is 3.75. The van der Waals surface area contributed by atoms with Gasteiger partial charge in [-0.2, -0.15) is 0 Å². The van der Waals surface area contributed by atoms with Crippen molar-refractivity contribution in [3.8, 4) is 0 Å². The van der Waals surface area contributed by atoms with E-state index >= 15 is 0 Å². The minimum absolute atomic E-state index is 0.645. The maximum absolute atomic E-state index is 9.20. The van der Waals surface area contributed by atoms with Gasteiger partial charge >= 0.3 is 0 Å². The van der Waals surface area contributed by atoms with Crippen molar-refractivity contribution in [2.45, 2.75) is 30.3 Å². The zero-order valence-electron chi connectivity index (χ0n) is 6.74. The number of aliphatic hydroxyl groups excluding tert-OH is 3. The molecule has 13 heavy (non-hydrogen) atoms. The van der Waals surface area contributed by atoms with Gasteiger partial charge in [0.05, 0.1) is 6.61 Å². The Hall–Kier alpha value is -0.280. The number of nitrogens with two attached hydrogens (primary N) is 1. The van der Waals surface area contributed by atoms with E-state index in [1.165, 1.54) is 0 Å². The van der Waals surface area contributed by atoms with Crippen LogP contribution >= 0.6 is 0 Å². The summed E-state index contributed by atoms with van der Waals surface area (Å²) in [6.45, 7) is -0.645. The van der Waals surface area contributed by atoms with E-state index in [-0.39, 0.29) is 0 Å². The van der Waals surface area contributed by atoms with Crippen LogP contribution in [-0.2, 0) is 4.74 Å². The molecule has 1 fully saturated rings. The number of hydrogen-bond donors (Lipinski definition) is 6. The summed E-state index contributed by atoms with van der Waals surface area (Å²) in [5.41, 5.74) is 5.15. The third-order valence-corrected chi connectivity index (χ3v) is 2.04. The van der Waals surface area contributed by atoms with Crippen molar-refractivity contribution in [3.05, 3.63) is 0 Å². The fourth-order valence-electron chi connectivity index (χ4n) is 1.17. The summed E-state index contributed by atoms with van der Waals surface area (Å²) in [4.78, 5) is 0. The Labute approximate surface area is 74.0 Å². The van der Waals surface area contributed by atoms with Gasteiger partial charge in [0.15, 0.2) is 0 Å². The van der Waals surface area contributed by atoms with Crippen molar-refractivity contribution >= 4 is 0 Å². The Morgan fingerprint density at radius 1 is 1.23 bits per heavy atom. The van der Waals surface area contributed by atoms with E-state index in [2.05, 4.69) is 4.74 Å². The molecule has 78 valence electrons. The van der Waals surface area contributed by atoms with Gasteiger partial charge in [-0.25, -0.2) is 0 Å². The van der Waals surface area contributed by atoms with E-state index in [0.717, 1.165) is 0 Å². The highest BCUT2D eigenvalue weighted by Crippen LogP contribution is 2.24. The molecule has 0 aliphatic carbocycles. The van der Waals surface area contributed by atoms with Crippen LogP contribution in [-0.4, -0.2) is 62.5 Å². The SMILES string of the molecule is N[C@@H]1[C@@H](O)[C@@H](O)[C@@H](CO)OC1(O)O. The summed E-state index contributed by atoms with van der Waals surface area (Å²) >= 11 is 0. The van der Waals surface area contributed by atoms with Gasteiger partial charge in [0, 0.05) is 0 Å². The Morgan fingerprint density at radius 2 is 1.77 bits per heavy atom. The van der Waals surface area contributed by atoms with Gasteiger partial charge in [-0.05, 0) is 0 Å². The van der Waals surface area contributed by atoms with Crippen molar-refractivity contribution < 1.29 is 30.3 Å². The Kier molecular flexibility index (Phi) is 2.88. The molecule has 7 N–H and O–H groups in total. The maximum Gasteiger partial charge on any atom is 0.297 e. The average Bonchev–Trinajstić information content (AvgIpc) is 2.08. The molecule has 0 aromatic heterocycles. The third-order valence-electron chi connectivity index (χ3n) is 2.04. The Morgan fingerprint density at radius 3 is 2.23 bits per heavy atom. The highest BCUT2D eigenvalue weighted by atomic mass is 16.8. The molecule has 7 nitrogen and oxygen atoms in total. The fourth-order valence-corrected chi connectivity index (χ4v) is 1.17. The normalized spacial score (nSPS) is 44.8. The lowest BCUT2D eigenvalue weighted by atomic mass is 9.96. The molecule has 1 saturated heterocycles. The van der Waals surface area contributed by atoms with Crippen LogP contribution in [0.3, 0.4) is 0 Å². The van der Waals surface area contributed by atoms with Crippen LogP contribution in [0.5, 0.6) is 0 Å². The molecule has 0 aromatic rings. The molecule has 0 radical (unpaired) electrons. The van der Waals surface area contributed by atoms with Crippen molar-refractivity contribution in [1.82, 2.24) is 0 Å². The predicted octanol–water partition coefficient (Wildman–Crippen LogP) is -3.94. The van der Waals surface area contributed by atoms with E-state index in [0.29, 0.717) is 0 Å². The molecule has 7 heteroatoms. The highest BCUT2D eigenvalue weighted by Gasteiger charge is 2.50. The Bertz CT molecular complexity index is 184. The standard InChI is InChI=1S/C6H13NO6/c7-5-4(10)3(9)2(1-8)13-6(5,11)12/h2-5,8-12H,1,7H2/t2-,3+,4+,5-/m1/s1. The van der Waals surface area contributed by atoms with Gasteiger partial charge in [-0.15, -0.1) is 0 Å². The molecular formula is C6H13NO6. The zero-order chi connectivity index (χ0) is 10.2. The molecule has 1 heterocycles. The van der Waals surface area contributed by atoms with Crippen LogP contribution in [0.15, 0.2) is 0 Å². The van der Waals surface area contributed by atoms with Gasteiger partial charge in [0.25, 0.3) is 5.97 Å². The molecule has 0 saturated carbocycles. The third kappa shape index (κ3) is 1.81. The summed E-state index contributed by atoms with van der Waals surface area (Å²) in [7, 11) is 0. The molecule has 1 rings (SSSR count). The lowest BCUT2D eigenvalue weighted by Gasteiger charge is -2.42. The molecule has 1 aliphatic heterocycles. The van der Waals surface area contributed by atoms with E-state index in [1.807, 2.05) is 0 Å². The lowest BCUT2D eigenvalue weighted by Crippen LogP contribution is -2.68. The van der Waals surface area contributed by atoms with Gasteiger partial charge in [0.1, 0.15) is 24.4 Å². The molecular weight excluding hydrogens is 182 g/mol. The van der Waals surface area contributed by atoms with E-state index in [1.54, 1.807) is 0 Å². The smallest absolute Gasteiger partial charge is 0.297 e. The largest absolute Gasteiger partial charge is 0.394 e. The first-order valence-electron chi connectivity index (χ1n) is 3.75. The predicted molar refractivity (Wildman–Crippen MR) is 39.1 cm³/mol. The van der Waals surface area contributed by atoms with Crippen LogP contribution in [0.1, 0.15) is 0 Å². The summed E-state index contributed by atoms with van der Waals surface area (Å²) in [5.74, 6) is -2.73. The molecule has 0 spiro atoms. The average molecular weight is 195 g/mol. The number of aliphatic hydroxyl groups is 5. The lowest BCUT2D eigenvalue weighted by molar-refractivity contribution is -0.406. The Balaban J connectivity index is 2.79. The van der Waals surface area contributed by atoms with Gasteiger partial charge < -0.3 is 36.0 Å². The van der Waals surface area contributed by atoms with Crippen molar-refractivity contribution in [3.63, 3.8) is 0 Å². The second kappa shape index (κ2) is 3.46. The van der Waals surface area contributed by atoms with E-state index in [9.17, 15) is 10.2 Å². The minimum Gasteiger partial charge on any atom is -0.394 e. The number of rotatable bonds is 1. The van der Waals surface area contributed by atoms with E-state index < -0.39 is 36.9 Å². The van der Waals surface area contributed by atoms with Crippen LogP contribution < -0.4 is 5.73 Å². The second-order valence-corrected chi connectivity index (χ2v) is 3.00. The summed E-state index contributed by atoms with van der Waals surface area (Å²) in [5, 5.41) is 45.2. The molecule has 0 aromatic carbocycles. The quantitative estimate of drug-likeness (QED) is 0.235. The van der Waals surface area contributed by atoms with Crippen LogP contribution in [0.2, 0.25) is 0 Å². The number of ether oxygens (including phenoxy) is 1. The van der Waals surface area contributed by atoms with Crippen molar-refractivity contribution in [2.75, 3.05) is 6.61 Å². The molecule has 4 atom stereocenters. The summed E-state index contributed by atoms with van der Waals surface area (Å²) < 4.78 is 4.44. The molecule has 0 amide bonds. The van der Waals surface area contributed by atoms with Gasteiger partial charge in [-0.3, -0.25) is 0 Å². The molecule has 0 bridgehead atoms.